The molecule has 4 nitrogen and oxygen atoms in total. The van der Waals surface area contributed by atoms with Crippen molar-refractivity contribution < 1.29 is 9.90 Å². The molecule has 1 aliphatic heterocycles. The van der Waals surface area contributed by atoms with Crippen molar-refractivity contribution in [1.82, 2.24) is 4.98 Å². The minimum atomic E-state index is -0.965. The van der Waals surface area contributed by atoms with Gasteiger partial charge in [0.05, 0.1) is 5.56 Å². The lowest BCUT2D eigenvalue weighted by Crippen LogP contribution is -2.28. The number of nitrogens with zero attached hydrogens (tertiary/aromatic N) is 2. The topological polar surface area (TPSA) is 53.4 Å². The predicted molar refractivity (Wildman–Crippen MR) is 71.5 cm³/mol. The van der Waals surface area contributed by atoms with Crippen LogP contribution in [0.4, 0.5) is 5.82 Å². The molecule has 18 heavy (non-hydrogen) atoms. The van der Waals surface area contributed by atoms with Crippen molar-refractivity contribution in [2.75, 3.05) is 18.0 Å². The minimum absolute atomic E-state index is 0.201. The number of hydrogen-bond donors (Lipinski definition) is 1. The van der Waals surface area contributed by atoms with E-state index in [9.17, 15) is 4.79 Å². The second kappa shape index (κ2) is 6.05. The number of pyridine rings is 1. The Balaban J connectivity index is 2.22. The van der Waals surface area contributed by atoms with Crippen molar-refractivity contribution in [2.24, 2.45) is 0 Å². The fourth-order valence-electron chi connectivity index (χ4n) is 2.25. The fraction of sp³-hybridized carbons (Fsp3) is 0.538. The van der Waals surface area contributed by atoms with E-state index in [1.165, 1.54) is 25.3 Å². The van der Waals surface area contributed by atoms with Crippen LogP contribution in [0, 0.1) is 0 Å². The Morgan fingerprint density at radius 1 is 1.17 bits per heavy atom. The molecule has 0 aliphatic carbocycles. The van der Waals surface area contributed by atoms with Crippen molar-refractivity contribution in [2.45, 2.75) is 32.1 Å². The summed E-state index contributed by atoms with van der Waals surface area (Å²) in [6.07, 6.45) is 5.98. The van der Waals surface area contributed by atoms with Gasteiger partial charge in [-0.15, -0.1) is 0 Å². The molecule has 1 saturated heterocycles. The molecule has 0 bridgehead atoms. The van der Waals surface area contributed by atoms with Gasteiger partial charge in [-0.2, -0.15) is 0 Å². The van der Waals surface area contributed by atoms with E-state index in [1.54, 1.807) is 6.07 Å². The summed E-state index contributed by atoms with van der Waals surface area (Å²) in [6.45, 7) is 1.85. The molecule has 0 unspecified atom stereocenters. The fourth-order valence-corrected chi connectivity index (χ4v) is 2.45. The highest BCUT2D eigenvalue weighted by Crippen LogP contribution is 2.21. The molecule has 5 heteroatoms. The zero-order chi connectivity index (χ0) is 13.0. The summed E-state index contributed by atoms with van der Waals surface area (Å²) in [6, 6.07) is 2.99. The van der Waals surface area contributed by atoms with Crippen molar-refractivity contribution >= 4 is 23.4 Å². The van der Waals surface area contributed by atoms with Gasteiger partial charge in [-0.05, 0) is 25.0 Å². The Morgan fingerprint density at radius 2 is 1.78 bits per heavy atom. The van der Waals surface area contributed by atoms with E-state index < -0.39 is 5.97 Å². The zero-order valence-electron chi connectivity index (χ0n) is 10.2. The molecule has 0 radical (unpaired) electrons. The molecule has 0 spiro atoms. The molecule has 0 aromatic carbocycles. The standard InChI is InChI=1S/C13H17ClN2O2/c14-11-8-10(13(17)18)9-12(15-11)16-6-4-2-1-3-5-7-16/h8-9H,1-7H2,(H,17,18). The van der Waals surface area contributed by atoms with Gasteiger partial charge >= 0.3 is 5.97 Å². The predicted octanol–water partition coefficient (Wildman–Crippen LogP) is 3.20. The Hall–Kier alpha value is -1.29. The molecule has 98 valence electrons. The normalized spacial score (nSPS) is 17.1. The highest BCUT2D eigenvalue weighted by molar-refractivity contribution is 6.29. The summed E-state index contributed by atoms with van der Waals surface area (Å²) < 4.78 is 0. The van der Waals surface area contributed by atoms with Crippen LogP contribution in [0.1, 0.15) is 42.5 Å². The third-order valence-electron chi connectivity index (χ3n) is 3.21. The third kappa shape index (κ3) is 3.35. The maximum absolute atomic E-state index is 11.0. The van der Waals surface area contributed by atoms with Gasteiger partial charge in [0.2, 0.25) is 0 Å². The summed E-state index contributed by atoms with van der Waals surface area (Å²) in [5.41, 5.74) is 0.201. The first kappa shape index (κ1) is 13.1. The monoisotopic (exact) mass is 268 g/mol. The van der Waals surface area contributed by atoms with Crippen LogP contribution in [0.5, 0.6) is 0 Å². The lowest BCUT2D eigenvalue weighted by Gasteiger charge is -2.26. The van der Waals surface area contributed by atoms with Gasteiger partial charge in [-0.25, -0.2) is 9.78 Å². The van der Waals surface area contributed by atoms with Crippen LogP contribution in [0.3, 0.4) is 0 Å². The molecule has 1 N–H and O–H groups in total. The largest absolute Gasteiger partial charge is 0.478 e. The molecule has 0 saturated carbocycles. The van der Waals surface area contributed by atoms with Crippen molar-refractivity contribution in [1.29, 1.82) is 0 Å². The van der Waals surface area contributed by atoms with Crippen molar-refractivity contribution in [3.8, 4) is 0 Å². The van der Waals surface area contributed by atoms with Crippen molar-refractivity contribution in [3.05, 3.63) is 22.8 Å². The van der Waals surface area contributed by atoms with Gasteiger partial charge in [0.25, 0.3) is 0 Å². The summed E-state index contributed by atoms with van der Waals surface area (Å²) >= 11 is 5.89. The number of anilines is 1. The Bertz CT molecular complexity index is 429. The second-order valence-corrected chi connectivity index (χ2v) is 4.98. The molecule has 1 fully saturated rings. The molecular weight excluding hydrogens is 252 g/mol. The summed E-state index contributed by atoms with van der Waals surface area (Å²) in [5, 5.41) is 9.27. The Kier molecular flexibility index (Phi) is 4.42. The SMILES string of the molecule is O=C(O)c1cc(Cl)nc(N2CCCCCCC2)c1. The number of carbonyl (C=O) groups is 1. The Morgan fingerprint density at radius 3 is 2.39 bits per heavy atom. The van der Waals surface area contributed by atoms with Crippen LogP contribution in [-0.4, -0.2) is 29.1 Å². The van der Waals surface area contributed by atoms with Gasteiger partial charge in [0.1, 0.15) is 11.0 Å². The molecule has 0 atom stereocenters. The first-order valence-electron chi connectivity index (χ1n) is 6.32. The average Bonchev–Trinajstić information content (AvgIpc) is 2.27. The van der Waals surface area contributed by atoms with Gasteiger partial charge in [-0.1, -0.05) is 30.9 Å². The lowest BCUT2D eigenvalue weighted by molar-refractivity contribution is 0.0697. The highest BCUT2D eigenvalue weighted by atomic mass is 35.5. The number of halogens is 1. The van der Waals surface area contributed by atoms with E-state index in [1.807, 2.05) is 0 Å². The van der Waals surface area contributed by atoms with Gasteiger partial charge in [-0.3, -0.25) is 0 Å². The van der Waals surface area contributed by atoms with E-state index >= 15 is 0 Å². The highest BCUT2D eigenvalue weighted by Gasteiger charge is 2.14. The van der Waals surface area contributed by atoms with Crippen LogP contribution in [0.2, 0.25) is 5.15 Å². The van der Waals surface area contributed by atoms with E-state index in [0.29, 0.717) is 5.82 Å². The summed E-state index contributed by atoms with van der Waals surface area (Å²) in [7, 11) is 0. The maximum atomic E-state index is 11.0. The van der Waals surface area contributed by atoms with E-state index in [4.69, 9.17) is 16.7 Å². The lowest BCUT2D eigenvalue weighted by atomic mass is 10.1. The van der Waals surface area contributed by atoms with Gasteiger partial charge < -0.3 is 10.0 Å². The van der Waals surface area contributed by atoms with E-state index in [0.717, 1.165) is 25.9 Å². The van der Waals surface area contributed by atoms with Crippen molar-refractivity contribution in [3.63, 3.8) is 0 Å². The quantitative estimate of drug-likeness (QED) is 0.837. The smallest absolute Gasteiger partial charge is 0.335 e. The van der Waals surface area contributed by atoms with Crippen LogP contribution < -0.4 is 4.90 Å². The molecule has 1 aliphatic rings. The molecule has 2 heterocycles. The maximum Gasteiger partial charge on any atom is 0.335 e. The van der Waals surface area contributed by atoms with Gasteiger partial charge in [0.15, 0.2) is 0 Å². The van der Waals surface area contributed by atoms with E-state index in [-0.39, 0.29) is 10.7 Å². The molecule has 0 amide bonds. The van der Waals surface area contributed by atoms with Crippen LogP contribution in [-0.2, 0) is 0 Å². The molecular formula is C13H17ClN2O2. The molecule has 1 aromatic heterocycles. The number of aromatic nitrogens is 1. The second-order valence-electron chi connectivity index (χ2n) is 4.60. The zero-order valence-corrected chi connectivity index (χ0v) is 11.0. The molecule has 1 aromatic rings. The number of rotatable bonds is 2. The average molecular weight is 269 g/mol. The minimum Gasteiger partial charge on any atom is -0.478 e. The number of hydrogen-bond acceptors (Lipinski definition) is 3. The third-order valence-corrected chi connectivity index (χ3v) is 3.40. The summed E-state index contributed by atoms with van der Waals surface area (Å²) in [5.74, 6) is -0.283. The first-order valence-corrected chi connectivity index (χ1v) is 6.70. The summed E-state index contributed by atoms with van der Waals surface area (Å²) in [4.78, 5) is 17.4. The van der Waals surface area contributed by atoms with Crippen LogP contribution >= 0.6 is 11.6 Å². The number of carboxylic acid groups (broad SMARTS) is 1. The van der Waals surface area contributed by atoms with Gasteiger partial charge in [0, 0.05) is 13.1 Å². The first-order chi connectivity index (χ1) is 8.66. The van der Waals surface area contributed by atoms with Crippen LogP contribution in [0.15, 0.2) is 12.1 Å². The number of carboxylic acids is 1. The van der Waals surface area contributed by atoms with Crippen LogP contribution in [0.25, 0.3) is 0 Å². The Labute approximate surface area is 112 Å². The van der Waals surface area contributed by atoms with E-state index in [2.05, 4.69) is 9.88 Å². The molecule has 2 rings (SSSR count). The number of aromatic carboxylic acids is 1.